The molecule has 2 aromatic rings. The summed E-state index contributed by atoms with van der Waals surface area (Å²) < 4.78 is 1.51. The molecule has 0 nitrogen and oxygen atoms in total. The van der Waals surface area contributed by atoms with Gasteiger partial charge < -0.3 is 24.8 Å². The third-order valence-corrected chi connectivity index (χ3v) is 5.00. The fourth-order valence-corrected chi connectivity index (χ4v) is 4.03. The fraction of sp³-hybridized carbons (Fsp3) is 0.320. The molecule has 0 saturated carbocycles. The Labute approximate surface area is 197 Å². The van der Waals surface area contributed by atoms with E-state index in [1.165, 1.54) is 42.2 Å². The van der Waals surface area contributed by atoms with Gasteiger partial charge >= 0.3 is 41.3 Å². The summed E-state index contributed by atoms with van der Waals surface area (Å²) in [5.41, 5.74) is 11.6. The second-order valence-electron chi connectivity index (χ2n) is 7.18. The summed E-state index contributed by atoms with van der Waals surface area (Å²) in [6, 6.07) is 12.7. The van der Waals surface area contributed by atoms with Crippen LogP contribution in [0.1, 0.15) is 61.9 Å². The molecule has 0 amide bonds. The Kier molecular flexibility index (Phi) is 10.3. The summed E-state index contributed by atoms with van der Waals surface area (Å²) in [4.78, 5) is 0. The van der Waals surface area contributed by atoms with Crippen LogP contribution in [-0.4, -0.2) is 3.21 Å². The van der Waals surface area contributed by atoms with Gasteiger partial charge in [0, 0.05) is 0 Å². The van der Waals surface area contributed by atoms with Crippen molar-refractivity contribution in [2.75, 3.05) is 0 Å². The molecule has 4 rings (SSSR count). The molecule has 0 aliphatic heterocycles. The van der Waals surface area contributed by atoms with Gasteiger partial charge in [-0.3, -0.25) is 0 Å². The molecule has 2 aliphatic rings. The molecule has 0 heterocycles. The summed E-state index contributed by atoms with van der Waals surface area (Å²) in [5, 5.41) is 0. The van der Waals surface area contributed by atoms with Crippen LogP contribution in [0, 0.1) is 6.07 Å². The van der Waals surface area contributed by atoms with E-state index >= 15 is 0 Å². The minimum Gasteiger partial charge on any atom is -1.00 e. The van der Waals surface area contributed by atoms with E-state index in [1.807, 2.05) is 0 Å². The number of fused-ring (bicyclic) bond motifs is 3. The first-order valence-electron chi connectivity index (χ1n) is 9.62. The van der Waals surface area contributed by atoms with Gasteiger partial charge in [0.25, 0.3) is 0 Å². The van der Waals surface area contributed by atoms with Crippen molar-refractivity contribution in [2.45, 2.75) is 53.4 Å². The third-order valence-electron chi connectivity index (χ3n) is 5.00. The molecule has 0 saturated heterocycles. The Morgan fingerprint density at radius 2 is 1.68 bits per heavy atom. The normalized spacial score (nSPS) is 12.7. The quantitative estimate of drug-likeness (QED) is 0.464. The first kappa shape index (κ1) is 25.3. The van der Waals surface area contributed by atoms with Crippen molar-refractivity contribution in [3.05, 3.63) is 76.4 Å². The number of rotatable bonds is 3. The molecule has 0 aromatic heterocycles. The van der Waals surface area contributed by atoms with Gasteiger partial charge in [-0.25, -0.2) is 0 Å². The van der Waals surface area contributed by atoms with Gasteiger partial charge in [-0.2, -0.15) is 0 Å². The topological polar surface area (TPSA) is 0 Å². The maximum Gasteiger partial charge on any atom is -1.00 e. The van der Waals surface area contributed by atoms with Crippen LogP contribution in [0.15, 0.2) is 42.5 Å². The molecule has 2 aliphatic carbocycles. The second kappa shape index (κ2) is 11.4. The number of hydrogen-bond acceptors (Lipinski definition) is 0. The van der Waals surface area contributed by atoms with Crippen molar-refractivity contribution in [3.8, 4) is 11.1 Å². The molecule has 146 valence electrons. The van der Waals surface area contributed by atoms with Gasteiger partial charge in [0.15, 0.2) is 0 Å². The van der Waals surface area contributed by atoms with Crippen LogP contribution in [0.5, 0.6) is 0 Å². The molecule has 0 radical (unpaired) electrons. The molecule has 0 fully saturated rings. The van der Waals surface area contributed by atoms with Crippen LogP contribution in [-0.2, 0) is 43.5 Å². The van der Waals surface area contributed by atoms with Crippen LogP contribution >= 0.6 is 0 Å². The molecule has 0 N–H and O–H groups in total. The molecule has 0 spiro atoms. The molecule has 0 unspecified atom stereocenters. The molecular formula is C25H27Cl2Zr-. The third kappa shape index (κ3) is 5.24. The van der Waals surface area contributed by atoms with Crippen molar-refractivity contribution >= 4 is 8.78 Å². The Morgan fingerprint density at radius 1 is 1.04 bits per heavy atom. The number of halogens is 2. The SMILES string of the molecule is CCc1c(C2=CC=CC2)[c-]c2c(c1CC)-c1ccccc1C2.C[C](C)=[Zr+2].[Cl-].[Cl-]. The summed E-state index contributed by atoms with van der Waals surface area (Å²) in [6.07, 6.45) is 11.0. The van der Waals surface area contributed by atoms with E-state index in [9.17, 15) is 0 Å². The van der Waals surface area contributed by atoms with E-state index in [0.29, 0.717) is 0 Å². The molecule has 0 atom stereocenters. The monoisotopic (exact) mass is 487 g/mol. The summed E-state index contributed by atoms with van der Waals surface area (Å²) in [7, 11) is 0. The first-order chi connectivity index (χ1) is 12.6. The number of allylic oxidation sites excluding steroid dienone is 4. The summed E-state index contributed by atoms with van der Waals surface area (Å²) >= 11 is 1.55. The van der Waals surface area contributed by atoms with E-state index in [-0.39, 0.29) is 24.8 Å². The Balaban J connectivity index is 0.000000601. The molecule has 0 bridgehead atoms. The largest absolute Gasteiger partial charge is 1.00 e. The Hall–Kier alpha value is -0.747. The maximum atomic E-state index is 3.80. The Morgan fingerprint density at radius 3 is 2.25 bits per heavy atom. The van der Waals surface area contributed by atoms with E-state index in [1.54, 1.807) is 29.8 Å². The fourth-order valence-electron chi connectivity index (χ4n) is 4.03. The van der Waals surface area contributed by atoms with Crippen LogP contribution < -0.4 is 24.8 Å². The van der Waals surface area contributed by atoms with Gasteiger partial charge in [0.2, 0.25) is 0 Å². The van der Waals surface area contributed by atoms with Crippen molar-refractivity contribution in [1.82, 2.24) is 0 Å². The summed E-state index contributed by atoms with van der Waals surface area (Å²) in [6.45, 7) is 8.82. The van der Waals surface area contributed by atoms with E-state index in [2.05, 4.69) is 76.3 Å². The summed E-state index contributed by atoms with van der Waals surface area (Å²) in [5.74, 6) is 0. The van der Waals surface area contributed by atoms with Crippen molar-refractivity contribution < 1.29 is 49.0 Å². The predicted molar refractivity (Wildman–Crippen MR) is 110 cm³/mol. The predicted octanol–water partition coefficient (Wildman–Crippen LogP) is 0.279. The molecule has 2 aromatic carbocycles. The van der Waals surface area contributed by atoms with E-state index < -0.39 is 0 Å². The standard InChI is InChI=1S/C22H21.C3H6.2ClH.Zr/c1-3-18-19(4-2)22-17(13-16-11-7-8-12-20(16)22)14-21(18)15-9-5-6-10-15;1-3-2;;;/h5-9,11-12H,3-4,10,13H2,1-2H3;1-2H3;2*1H;/q-1;;;;+2/p-2. The smallest absolute Gasteiger partial charge is 1.00 e. The van der Waals surface area contributed by atoms with Crippen LogP contribution in [0.3, 0.4) is 0 Å². The molecule has 3 heteroatoms. The van der Waals surface area contributed by atoms with Crippen molar-refractivity contribution in [3.63, 3.8) is 0 Å². The van der Waals surface area contributed by atoms with Gasteiger partial charge in [0.05, 0.1) is 0 Å². The maximum absolute atomic E-state index is 3.80. The Bertz CT molecular complexity index is 903. The zero-order valence-corrected chi connectivity index (χ0v) is 21.1. The van der Waals surface area contributed by atoms with Crippen LogP contribution in [0.25, 0.3) is 16.7 Å². The van der Waals surface area contributed by atoms with E-state index in [0.717, 1.165) is 25.7 Å². The van der Waals surface area contributed by atoms with Crippen molar-refractivity contribution in [1.29, 1.82) is 0 Å². The van der Waals surface area contributed by atoms with Gasteiger partial charge in [-0.1, -0.05) is 67.8 Å². The number of hydrogen-bond donors (Lipinski definition) is 0. The average molecular weight is 490 g/mol. The second-order valence-corrected chi connectivity index (χ2v) is 9.63. The minimum absolute atomic E-state index is 0. The van der Waals surface area contributed by atoms with Gasteiger partial charge in [-0.05, 0) is 24.8 Å². The minimum atomic E-state index is 0. The van der Waals surface area contributed by atoms with E-state index in [4.69, 9.17) is 0 Å². The average Bonchev–Trinajstić information content (AvgIpc) is 3.26. The van der Waals surface area contributed by atoms with Gasteiger partial charge in [0.1, 0.15) is 0 Å². The number of benzene rings is 2. The van der Waals surface area contributed by atoms with Crippen LogP contribution in [0.2, 0.25) is 0 Å². The van der Waals surface area contributed by atoms with Crippen LogP contribution in [0.4, 0.5) is 0 Å². The molecular weight excluding hydrogens is 462 g/mol. The van der Waals surface area contributed by atoms with Gasteiger partial charge in [-0.15, -0.1) is 40.0 Å². The first-order valence-corrected chi connectivity index (χ1v) is 10.9. The van der Waals surface area contributed by atoms with Crippen molar-refractivity contribution in [2.24, 2.45) is 0 Å². The molecule has 28 heavy (non-hydrogen) atoms. The zero-order chi connectivity index (χ0) is 18.7. The zero-order valence-electron chi connectivity index (χ0n) is 17.1.